The van der Waals surface area contributed by atoms with Crippen molar-refractivity contribution in [3.8, 4) is 0 Å². The lowest BCUT2D eigenvalue weighted by atomic mass is 10.0. The first kappa shape index (κ1) is 21.6. The molecule has 7 heteroatoms. The Labute approximate surface area is 188 Å². The van der Waals surface area contributed by atoms with Crippen molar-refractivity contribution < 1.29 is 4.79 Å². The average molecular weight is 436 g/mol. The summed E-state index contributed by atoms with van der Waals surface area (Å²) in [5.41, 5.74) is 6.68. The van der Waals surface area contributed by atoms with E-state index in [2.05, 4.69) is 43.8 Å². The summed E-state index contributed by atoms with van der Waals surface area (Å²) < 4.78 is 2.25. The molecule has 1 aliphatic rings. The van der Waals surface area contributed by atoms with Gasteiger partial charge < -0.3 is 9.47 Å². The Bertz CT molecular complexity index is 1040. The minimum Gasteiger partial charge on any atom is -0.336 e. The predicted molar refractivity (Wildman–Crippen MR) is 123 cm³/mol. The van der Waals surface area contributed by atoms with E-state index in [0.717, 1.165) is 53.7 Å². The molecule has 1 aromatic carbocycles. The molecule has 2 aromatic heterocycles. The first-order valence-corrected chi connectivity index (χ1v) is 12.0. The standard InChI is InChI=1S/C24H29N5OS/c1-17-20(18(2)27-24(26-17)31-3)9-10-23(30)28-14-12-22-21(15-28)25-16-29(22)13-11-19-7-5-4-6-8-19/h4-8,16H,9-15H2,1-3H3. The highest BCUT2D eigenvalue weighted by Gasteiger charge is 2.24. The maximum atomic E-state index is 12.9. The number of carbonyl (C=O) groups is 1. The van der Waals surface area contributed by atoms with E-state index >= 15 is 0 Å². The lowest BCUT2D eigenvalue weighted by Crippen LogP contribution is -2.36. The van der Waals surface area contributed by atoms with Gasteiger partial charge in [0.05, 0.1) is 18.6 Å². The molecule has 0 saturated carbocycles. The predicted octanol–water partition coefficient (Wildman–Crippen LogP) is 3.77. The molecule has 0 aliphatic carbocycles. The van der Waals surface area contributed by atoms with Crippen molar-refractivity contribution in [1.29, 1.82) is 0 Å². The van der Waals surface area contributed by atoms with Gasteiger partial charge in [0.25, 0.3) is 0 Å². The van der Waals surface area contributed by atoms with Crippen LogP contribution in [0.25, 0.3) is 0 Å². The van der Waals surface area contributed by atoms with Gasteiger partial charge in [0.1, 0.15) is 0 Å². The Kier molecular flexibility index (Phi) is 6.70. The van der Waals surface area contributed by atoms with Gasteiger partial charge in [0, 0.05) is 43.0 Å². The van der Waals surface area contributed by atoms with Crippen molar-refractivity contribution in [2.75, 3.05) is 12.8 Å². The molecule has 0 atom stereocenters. The van der Waals surface area contributed by atoms with E-state index in [0.29, 0.717) is 19.4 Å². The van der Waals surface area contributed by atoms with Crippen LogP contribution in [0.5, 0.6) is 0 Å². The monoisotopic (exact) mass is 435 g/mol. The normalized spacial score (nSPS) is 13.3. The largest absolute Gasteiger partial charge is 0.336 e. The van der Waals surface area contributed by atoms with Crippen molar-refractivity contribution in [2.24, 2.45) is 0 Å². The number of nitrogens with zero attached hydrogens (tertiary/aromatic N) is 5. The van der Waals surface area contributed by atoms with Crippen molar-refractivity contribution in [1.82, 2.24) is 24.4 Å². The third kappa shape index (κ3) is 4.98. The molecule has 1 aliphatic heterocycles. The number of amides is 1. The van der Waals surface area contributed by atoms with Crippen molar-refractivity contribution in [3.05, 3.63) is 70.6 Å². The van der Waals surface area contributed by atoms with Gasteiger partial charge in [-0.1, -0.05) is 42.1 Å². The third-order valence-corrected chi connectivity index (χ3v) is 6.55. The lowest BCUT2D eigenvalue weighted by molar-refractivity contribution is -0.132. The van der Waals surface area contributed by atoms with E-state index in [4.69, 9.17) is 0 Å². The fraction of sp³-hybridized carbons (Fsp3) is 0.417. The minimum absolute atomic E-state index is 0.178. The summed E-state index contributed by atoms with van der Waals surface area (Å²) >= 11 is 1.54. The van der Waals surface area contributed by atoms with Crippen LogP contribution >= 0.6 is 11.8 Å². The van der Waals surface area contributed by atoms with E-state index < -0.39 is 0 Å². The number of hydrogen-bond acceptors (Lipinski definition) is 5. The Morgan fingerprint density at radius 3 is 2.55 bits per heavy atom. The second-order valence-corrected chi connectivity index (χ2v) is 8.77. The fourth-order valence-corrected chi connectivity index (χ4v) is 4.68. The molecule has 0 N–H and O–H groups in total. The van der Waals surface area contributed by atoms with Crippen LogP contribution in [0.3, 0.4) is 0 Å². The molecule has 0 bridgehead atoms. The van der Waals surface area contributed by atoms with Gasteiger partial charge in [-0.3, -0.25) is 4.79 Å². The minimum atomic E-state index is 0.178. The highest BCUT2D eigenvalue weighted by molar-refractivity contribution is 7.98. The first-order valence-electron chi connectivity index (χ1n) is 10.8. The molecular weight excluding hydrogens is 406 g/mol. The van der Waals surface area contributed by atoms with Gasteiger partial charge >= 0.3 is 0 Å². The third-order valence-electron chi connectivity index (χ3n) is 6.00. The molecular formula is C24H29N5OS. The number of thioether (sulfide) groups is 1. The summed E-state index contributed by atoms with van der Waals surface area (Å²) in [6.07, 6.45) is 6.92. The van der Waals surface area contributed by atoms with Gasteiger partial charge in [-0.15, -0.1) is 0 Å². The number of fused-ring (bicyclic) bond motifs is 1. The second kappa shape index (κ2) is 9.64. The van der Waals surface area contributed by atoms with E-state index in [1.165, 1.54) is 11.3 Å². The smallest absolute Gasteiger partial charge is 0.223 e. The van der Waals surface area contributed by atoms with Gasteiger partial charge in [0.15, 0.2) is 5.16 Å². The molecule has 162 valence electrons. The van der Waals surface area contributed by atoms with Gasteiger partial charge in [-0.25, -0.2) is 15.0 Å². The maximum absolute atomic E-state index is 12.9. The number of hydrogen-bond donors (Lipinski definition) is 0. The zero-order valence-electron chi connectivity index (χ0n) is 18.5. The Morgan fingerprint density at radius 1 is 1.10 bits per heavy atom. The van der Waals surface area contributed by atoms with Gasteiger partial charge in [-0.2, -0.15) is 0 Å². The molecule has 4 rings (SSSR count). The zero-order valence-corrected chi connectivity index (χ0v) is 19.3. The van der Waals surface area contributed by atoms with Gasteiger partial charge in [0.2, 0.25) is 5.91 Å². The van der Waals surface area contributed by atoms with E-state index in [9.17, 15) is 4.79 Å². The van der Waals surface area contributed by atoms with Crippen molar-refractivity contribution in [3.63, 3.8) is 0 Å². The topological polar surface area (TPSA) is 63.9 Å². The van der Waals surface area contributed by atoms with Gasteiger partial charge in [-0.05, 0) is 44.1 Å². The molecule has 1 amide bonds. The molecule has 0 saturated heterocycles. The summed E-state index contributed by atoms with van der Waals surface area (Å²) in [6, 6.07) is 10.5. The summed E-state index contributed by atoms with van der Waals surface area (Å²) in [4.78, 5) is 28.5. The van der Waals surface area contributed by atoms with E-state index in [1.54, 1.807) is 11.8 Å². The van der Waals surface area contributed by atoms with E-state index in [1.807, 2.05) is 37.4 Å². The highest BCUT2D eigenvalue weighted by Crippen LogP contribution is 2.21. The van der Waals surface area contributed by atoms with Crippen LogP contribution in [0, 0.1) is 13.8 Å². The van der Waals surface area contributed by atoms with Crippen LogP contribution in [0.2, 0.25) is 0 Å². The zero-order chi connectivity index (χ0) is 21.8. The summed E-state index contributed by atoms with van der Waals surface area (Å²) in [6.45, 7) is 6.28. The second-order valence-electron chi connectivity index (χ2n) is 7.99. The molecule has 0 radical (unpaired) electrons. The Balaban J connectivity index is 1.35. The molecule has 0 spiro atoms. The average Bonchev–Trinajstić information content (AvgIpc) is 3.19. The highest BCUT2D eigenvalue weighted by atomic mass is 32.2. The lowest BCUT2D eigenvalue weighted by Gasteiger charge is -2.27. The number of imidazole rings is 1. The molecule has 3 heterocycles. The maximum Gasteiger partial charge on any atom is 0.223 e. The van der Waals surface area contributed by atoms with Crippen LogP contribution in [-0.4, -0.2) is 43.1 Å². The molecule has 6 nitrogen and oxygen atoms in total. The quantitative estimate of drug-likeness (QED) is 0.418. The summed E-state index contributed by atoms with van der Waals surface area (Å²) in [5, 5.41) is 0.788. The van der Waals surface area contributed by atoms with Crippen LogP contribution < -0.4 is 0 Å². The van der Waals surface area contributed by atoms with Crippen LogP contribution in [0.15, 0.2) is 41.8 Å². The first-order chi connectivity index (χ1) is 15.0. The SMILES string of the molecule is CSc1nc(C)c(CCC(=O)N2CCc3c(ncn3CCc3ccccc3)C2)c(C)n1. The summed E-state index contributed by atoms with van der Waals surface area (Å²) in [5.74, 6) is 0.178. The summed E-state index contributed by atoms with van der Waals surface area (Å²) in [7, 11) is 0. The Morgan fingerprint density at radius 2 is 1.84 bits per heavy atom. The number of benzene rings is 1. The van der Waals surface area contributed by atoms with Crippen LogP contribution in [0.1, 0.15) is 40.3 Å². The molecule has 0 unspecified atom stereocenters. The van der Waals surface area contributed by atoms with Crippen LogP contribution in [-0.2, 0) is 37.1 Å². The van der Waals surface area contributed by atoms with Crippen LogP contribution in [0.4, 0.5) is 0 Å². The number of aromatic nitrogens is 4. The van der Waals surface area contributed by atoms with Crippen molar-refractivity contribution >= 4 is 17.7 Å². The molecule has 0 fully saturated rings. The number of carbonyl (C=O) groups excluding carboxylic acids is 1. The van der Waals surface area contributed by atoms with Crippen molar-refractivity contribution in [2.45, 2.75) is 57.8 Å². The number of rotatable bonds is 7. The fourth-order valence-electron chi connectivity index (χ4n) is 4.22. The number of aryl methyl sites for hydroxylation is 4. The molecule has 3 aromatic rings. The Hall–Kier alpha value is -2.67. The molecule has 31 heavy (non-hydrogen) atoms. The van der Waals surface area contributed by atoms with E-state index in [-0.39, 0.29) is 5.91 Å².